The molecule has 1 aliphatic heterocycles. The fraction of sp³-hybridized carbons (Fsp3) is 0.235. The largest absolute Gasteiger partial charge is 0.358 e. The maximum absolute atomic E-state index is 12.5. The maximum atomic E-state index is 12.5. The summed E-state index contributed by atoms with van der Waals surface area (Å²) < 4.78 is 0. The number of rotatable bonds is 1. The lowest BCUT2D eigenvalue weighted by Gasteiger charge is -2.19. The Kier molecular flexibility index (Phi) is 3.22. The van der Waals surface area contributed by atoms with E-state index in [1.807, 2.05) is 12.1 Å². The van der Waals surface area contributed by atoms with Gasteiger partial charge in [0.1, 0.15) is 5.69 Å². The zero-order valence-corrected chi connectivity index (χ0v) is 12.5. The Bertz CT molecular complexity index is 921. The van der Waals surface area contributed by atoms with Gasteiger partial charge in [0.25, 0.3) is 11.5 Å². The van der Waals surface area contributed by atoms with Crippen molar-refractivity contribution in [2.24, 2.45) is 0 Å². The zero-order chi connectivity index (χ0) is 15.8. The molecule has 1 amide bonds. The number of fused-ring (bicyclic) bond motifs is 3. The highest BCUT2D eigenvalue weighted by molar-refractivity contribution is 5.92. The minimum atomic E-state index is -0.307. The molecule has 23 heavy (non-hydrogen) atoms. The monoisotopic (exact) mass is 308 g/mol. The van der Waals surface area contributed by atoms with Gasteiger partial charge in [-0.2, -0.15) is 5.10 Å². The second-order valence-electron chi connectivity index (χ2n) is 5.73. The number of nitrogens with zero attached hydrogens (tertiary/aromatic N) is 2. The van der Waals surface area contributed by atoms with Gasteiger partial charge in [-0.1, -0.05) is 18.2 Å². The SMILES string of the molecule is O=C(c1ccc(=O)[nH]n1)N1CCc2[nH]c3ccccc3c2CC1. The average molecular weight is 308 g/mol. The summed E-state index contributed by atoms with van der Waals surface area (Å²) >= 11 is 0. The number of hydrogen-bond acceptors (Lipinski definition) is 3. The lowest BCUT2D eigenvalue weighted by molar-refractivity contribution is 0.0755. The van der Waals surface area contributed by atoms with Crippen molar-refractivity contribution in [2.45, 2.75) is 12.8 Å². The summed E-state index contributed by atoms with van der Waals surface area (Å²) in [4.78, 5) is 28.9. The summed E-state index contributed by atoms with van der Waals surface area (Å²) in [5, 5.41) is 7.38. The minimum absolute atomic E-state index is 0.143. The van der Waals surface area contributed by atoms with E-state index in [2.05, 4.69) is 27.3 Å². The Labute approximate surface area is 132 Å². The fourth-order valence-corrected chi connectivity index (χ4v) is 3.19. The van der Waals surface area contributed by atoms with E-state index in [1.165, 1.54) is 28.8 Å². The molecule has 0 unspecified atom stereocenters. The van der Waals surface area contributed by atoms with Crippen molar-refractivity contribution in [3.05, 3.63) is 63.7 Å². The predicted molar refractivity (Wildman–Crippen MR) is 86.5 cm³/mol. The van der Waals surface area contributed by atoms with Crippen LogP contribution in [0, 0.1) is 0 Å². The molecule has 0 radical (unpaired) electrons. The van der Waals surface area contributed by atoms with Crippen LogP contribution in [0.2, 0.25) is 0 Å². The highest BCUT2D eigenvalue weighted by Gasteiger charge is 2.22. The number of aromatic amines is 2. The number of nitrogens with one attached hydrogen (secondary N) is 2. The van der Waals surface area contributed by atoms with Gasteiger partial charge < -0.3 is 9.88 Å². The van der Waals surface area contributed by atoms with E-state index < -0.39 is 0 Å². The number of carbonyl (C=O) groups excluding carboxylic acids is 1. The number of H-pyrrole nitrogens is 2. The summed E-state index contributed by atoms with van der Waals surface area (Å²) in [6.45, 7) is 1.29. The first-order chi connectivity index (χ1) is 11.2. The number of para-hydroxylation sites is 1. The lowest BCUT2D eigenvalue weighted by Crippen LogP contribution is -2.34. The molecule has 4 rings (SSSR count). The van der Waals surface area contributed by atoms with Gasteiger partial charge in [-0.05, 0) is 24.1 Å². The zero-order valence-electron chi connectivity index (χ0n) is 12.5. The van der Waals surface area contributed by atoms with Crippen molar-refractivity contribution in [1.82, 2.24) is 20.1 Å². The number of hydrogen-bond donors (Lipinski definition) is 2. The fourth-order valence-electron chi connectivity index (χ4n) is 3.19. The molecule has 0 saturated heterocycles. The second kappa shape index (κ2) is 5.39. The van der Waals surface area contributed by atoms with Crippen molar-refractivity contribution >= 4 is 16.8 Å². The third-order valence-electron chi connectivity index (χ3n) is 4.35. The van der Waals surface area contributed by atoms with Crippen LogP contribution in [0.5, 0.6) is 0 Å². The van der Waals surface area contributed by atoms with E-state index in [0.29, 0.717) is 13.1 Å². The molecule has 3 heterocycles. The summed E-state index contributed by atoms with van der Waals surface area (Å²) in [7, 11) is 0. The Hall–Kier alpha value is -2.89. The lowest BCUT2D eigenvalue weighted by atomic mass is 10.1. The van der Waals surface area contributed by atoms with E-state index in [-0.39, 0.29) is 17.2 Å². The molecule has 1 aliphatic rings. The molecule has 3 aromatic rings. The Balaban J connectivity index is 1.59. The number of aromatic nitrogens is 3. The van der Waals surface area contributed by atoms with Gasteiger partial charge >= 0.3 is 0 Å². The molecule has 6 heteroatoms. The average Bonchev–Trinajstić information content (AvgIpc) is 2.79. The van der Waals surface area contributed by atoms with Gasteiger partial charge in [-0.3, -0.25) is 9.59 Å². The molecule has 6 nitrogen and oxygen atoms in total. The van der Waals surface area contributed by atoms with Gasteiger partial charge in [0.05, 0.1) is 0 Å². The first-order valence-corrected chi connectivity index (χ1v) is 7.66. The number of amides is 1. The quantitative estimate of drug-likeness (QED) is 0.714. The van der Waals surface area contributed by atoms with Crippen molar-refractivity contribution < 1.29 is 4.79 Å². The normalized spacial score (nSPS) is 14.5. The molecule has 0 saturated carbocycles. The predicted octanol–water partition coefficient (Wildman–Crippen LogP) is 1.49. The van der Waals surface area contributed by atoms with Crippen molar-refractivity contribution in [1.29, 1.82) is 0 Å². The highest BCUT2D eigenvalue weighted by atomic mass is 16.2. The van der Waals surface area contributed by atoms with Crippen LogP contribution >= 0.6 is 0 Å². The summed E-state index contributed by atoms with van der Waals surface area (Å²) in [5.74, 6) is -0.143. The highest BCUT2D eigenvalue weighted by Crippen LogP contribution is 2.25. The van der Waals surface area contributed by atoms with Crippen LogP contribution in [-0.4, -0.2) is 39.1 Å². The van der Waals surface area contributed by atoms with Crippen LogP contribution in [0.25, 0.3) is 10.9 Å². The molecule has 116 valence electrons. The van der Waals surface area contributed by atoms with Gasteiger partial charge in [-0.15, -0.1) is 0 Å². The summed E-state index contributed by atoms with van der Waals surface area (Å²) in [6, 6.07) is 11.1. The molecule has 2 aromatic heterocycles. The van der Waals surface area contributed by atoms with Crippen LogP contribution < -0.4 is 5.56 Å². The molecule has 2 N–H and O–H groups in total. The molecule has 0 bridgehead atoms. The number of carbonyl (C=O) groups is 1. The molecule has 0 fully saturated rings. The van der Waals surface area contributed by atoms with E-state index in [1.54, 1.807) is 4.90 Å². The topological polar surface area (TPSA) is 81.8 Å². The van der Waals surface area contributed by atoms with Crippen LogP contribution in [0.3, 0.4) is 0 Å². The maximum Gasteiger partial charge on any atom is 0.274 e. The Morgan fingerprint density at radius 3 is 2.74 bits per heavy atom. The van der Waals surface area contributed by atoms with Crippen LogP contribution in [0.15, 0.2) is 41.2 Å². The van der Waals surface area contributed by atoms with Gasteiger partial charge in [0.15, 0.2) is 0 Å². The van der Waals surface area contributed by atoms with E-state index in [0.717, 1.165) is 18.4 Å². The molecule has 1 aromatic carbocycles. The smallest absolute Gasteiger partial charge is 0.274 e. The molecule has 0 spiro atoms. The number of benzene rings is 1. The van der Waals surface area contributed by atoms with Gasteiger partial charge in [0, 0.05) is 42.2 Å². The third-order valence-corrected chi connectivity index (χ3v) is 4.35. The third kappa shape index (κ3) is 2.42. The summed E-state index contributed by atoms with van der Waals surface area (Å²) in [6.07, 6.45) is 1.60. The first-order valence-electron chi connectivity index (χ1n) is 7.66. The molecular formula is C17H16N4O2. The molecular weight excluding hydrogens is 292 g/mol. The van der Waals surface area contributed by atoms with Crippen molar-refractivity contribution in [3.63, 3.8) is 0 Å². The molecule has 0 atom stereocenters. The van der Waals surface area contributed by atoms with Crippen LogP contribution in [0.1, 0.15) is 21.7 Å². The second-order valence-corrected chi connectivity index (χ2v) is 5.73. The van der Waals surface area contributed by atoms with Crippen LogP contribution in [-0.2, 0) is 12.8 Å². The first kappa shape index (κ1) is 13.8. The van der Waals surface area contributed by atoms with Gasteiger partial charge in [-0.25, -0.2) is 5.10 Å². The minimum Gasteiger partial charge on any atom is -0.358 e. The van der Waals surface area contributed by atoms with Crippen LogP contribution in [0.4, 0.5) is 0 Å². The van der Waals surface area contributed by atoms with E-state index in [9.17, 15) is 9.59 Å². The summed E-state index contributed by atoms with van der Waals surface area (Å²) in [5.41, 5.74) is 3.62. The molecule has 0 aliphatic carbocycles. The van der Waals surface area contributed by atoms with Crippen molar-refractivity contribution in [3.8, 4) is 0 Å². The van der Waals surface area contributed by atoms with Gasteiger partial charge in [0.2, 0.25) is 0 Å². The standard InChI is InChI=1S/C17H16N4O2/c22-16-6-5-15(19-20-16)17(23)21-9-7-12-11-3-1-2-4-13(11)18-14(12)8-10-21/h1-6,18H,7-10H2,(H,20,22). The van der Waals surface area contributed by atoms with E-state index in [4.69, 9.17) is 0 Å². The van der Waals surface area contributed by atoms with Crippen molar-refractivity contribution in [2.75, 3.05) is 13.1 Å². The Morgan fingerprint density at radius 1 is 1.09 bits per heavy atom. The van der Waals surface area contributed by atoms with E-state index >= 15 is 0 Å². The Morgan fingerprint density at radius 2 is 1.91 bits per heavy atom.